The molecular formula is C47H41Br2Cl2N9O6S. The van der Waals surface area contributed by atoms with Gasteiger partial charge in [-0.1, -0.05) is 76.6 Å². The van der Waals surface area contributed by atoms with Crippen molar-refractivity contribution >= 4 is 118 Å². The molecule has 1 atom stereocenters. The zero-order valence-corrected chi connectivity index (χ0v) is 40.9. The number of fused-ring (bicyclic) bond motifs is 2. The molecule has 7 aromatic rings. The van der Waals surface area contributed by atoms with E-state index >= 15 is 0 Å². The average molecular weight is 1090 g/mol. The number of para-hydroxylation sites is 1. The van der Waals surface area contributed by atoms with Crippen molar-refractivity contribution in [1.82, 2.24) is 30.6 Å². The summed E-state index contributed by atoms with van der Waals surface area (Å²) in [6.45, 7) is 1.27. The van der Waals surface area contributed by atoms with Gasteiger partial charge in [0.15, 0.2) is 5.88 Å². The molecule has 1 unspecified atom stereocenters. The molecule has 0 saturated carbocycles. The van der Waals surface area contributed by atoms with E-state index in [0.29, 0.717) is 70.6 Å². The number of nitrogens with zero attached hydrogens (tertiary/aromatic N) is 6. The van der Waals surface area contributed by atoms with Gasteiger partial charge in [-0.15, -0.1) is 28.0 Å². The predicted molar refractivity (Wildman–Crippen MR) is 267 cm³/mol. The summed E-state index contributed by atoms with van der Waals surface area (Å²) in [7, 11) is 0. The number of carbonyl (C=O) groups excluding carboxylic acids is 3. The number of carbonyl (C=O) groups is 3. The number of aromatic hydroxyl groups is 1. The van der Waals surface area contributed by atoms with E-state index in [1.54, 1.807) is 35.1 Å². The smallest absolute Gasteiger partial charge is 0.248 e. The molecule has 0 radical (unpaired) electrons. The summed E-state index contributed by atoms with van der Waals surface area (Å²) in [5.74, 6) is -1.07. The van der Waals surface area contributed by atoms with Crippen molar-refractivity contribution in [2.75, 3.05) is 30.5 Å². The van der Waals surface area contributed by atoms with Gasteiger partial charge >= 0.3 is 0 Å². The summed E-state index contributed by atoms with van der Waals surface area (Å²) in [6.07, 6.45) is 2.95. The minimum absolute atomic E-state index is 0.0268. The molecule has 8 rings (SSSR count). The SMILES string of the molecule is O=C(CCn1cc(COc2ccc(N(C(=O)CCl)C(C(=O)NCCc3ccccc3)c3cccs3)cc2Cl)nn1)NCCCO/N=C1/C(c2c(O)[nH]c3cc(Br)c(Br)cc23)=Nc2ccccc21. The van der Waals surface area contributed by atoms with Gasteiger partial charge in [0.05, 0.1) is 34.5 Å². The van der Waals surface area contributed by atoms with Gasteiger partial charge in [0.25, 0.3) is 0 Å². The number of amides is 3. The van der Waals surface area contributed by atoms with Crippen LogP contribution in [0, 0.1) is 0 Å². The van der Waals surface area contributed by atoms with Crippen molar-refractivity contribution in [1.29, 1.82) is 0 Å². The van der Waals surface area contributed by atoms with Crippen molar-refractivity contribution in [3.63, 3.8) is 0 Å². The Hall–Kier alpha value is -6.05. The quantitative estimate of drug-likeness (QED) is 0.0330. The number of rotatable bonds is 20. The number of benzene rings is 4. The van der Waals surface area contributed by atoms with E-state index in [0.717, 1.165) is 31.0 Å². The van der Waals surface area contributed by atoms with E-state index in [-0.39, 0.29) is 54.8 Å². The topological polar surface area (TPSA) is 188 Å². The Morgan fingerprint density at radius 1 is 0.970 bits per heavy atom. The molecule has 1 aliphatic rings. The highest BCUT2D eigenvalue weighted by atomic mass is 79.9. The lowest BCUT2D eigenvalue weighted by molar-refractivity contribution is -0.125. The molecule has 344 valence electrons. The second kappa shape index (κ2) is 22.2. The van der Waals surface area contributed by atoms with Crippen molar-refractivity contribution in [3.05, 3.63) is 150 Å². The summed E-state index contributed by atoms with van der Waals surface area (Å²) in [4.78, 5) is 55.4. The number of halogens is 4. The number of nitrogens with one attached hydrogen (secondary N) is 3. The van der Waals surface area contributed by atoms with Gasteiger partial charge in [0.2, 0.25) is 17.7 Å². The molecule has 4 aromatic carbocycles. The van der Waals surface area contributed by atoms with Crippen LogP contribution in [0.25, 0.3) is 10.9 Å². The molecule has 3 amide bonds. The lowest BCUT2D eigenvalue weighted by Gasteiger charge is -2.30. The minimum Gasteiger partial charge on any atom is -0.494 e. The molecule has 0 aliphatic carbocycles. The molecular weight excluding hydrogens is 1050 g/mol. The van der Waals surface area contributed by atoms with E-state index in [9.17, 15) is 19.5 Å². The maximum Gasteiger partial charge on any atom is 0.248 e. The molecule has 3 aromatic heterocycles. The molecule has 15 nitrogen and oxygen atoms in total. The number of anilines is 1. The number of thiophene rings is 1. The van der Waals surface area contributed by atoms with Crippen LogP contribution in [0.15, 0.2) is 128 Å². The van der Waals surface area contributed by atoms with Gasteiger partial charge in [0, 0.05) is 56.4 Å². The Morgan fingerprint density at radius 2 is 1.78 bits per heavy atom. The van der Waals surface area contributed by atoms with Crippen LogP contribution < -0.4 is 20.3 Å². The van der Waals surface area contributed by atoms with Crippen LogP contribution >= 0.6 is 66.4 Å². The van der Waals surface area contributed by atoms with Gasteiger partial charge in [0.1, 0.15) is 48.0 Å². The molecule has 0 spiro atoms. The van der Waals surface area contributed by atoms with E-state index in [1.165, 1.54) is 16.2 Å². The van der Waals surface area contributed by atoms with Crippen molar-refractivity contribution in [2.24, 2.45) is 10.1 Å². The first kappa shape index (κ1) is 47.4. The van der Waals surface area contributed by atoms with Crippen molar-refractivity contribution in [3.8, 4) is 11.6 Å². The fourth-order valence-corrected chi connectivity index (χ4v) is 9.21. The van der Waals surface area contributed by atoms with E-state index in [2.05, 4.69) is 62.9 Å². The number of aryl methyl sites for hydroxylation is 1. The average Bonchev–Trinajstić information content (AvgIpc) is 4.15. The third-order valence-electron chi connectivity index (χ3n) is 10.5. The van der Waals surface area contributed by atoms with Gasteiger partial charge in [-0.05, 0) is 91.7 Å². The fourth-order valence-electron chi connectivity index (χ4n) is 7.35. The number of aliphatic imine (C=N–C) groups is 1. The van der Waals surface area contributed by atoms with Crippen LogP contribution in [0.2, 0.25) is 5.02 Å². The summed E-state index contributed by atoms with van der Waals surface area (Å²) in [5, 5.41) is 32.4. The van der Waals surface area contributed by atoms with E-state index in [1.807, 2.05) is 78.2 Å². The maximum absolute atomic E-state index is 13.7. The highest BCUT2D eigenvalue weighted by Gasteiger charge is 2.34. The molecule has 4 N–H and O–H groups in total. The van der Waals surface area contributed by atoms with Crippen molar-refractivity contribution in [2.45, 2.75) is 38.5 Å². The lowest BCUT2D eigenvalue weighted by Crippen LogP contribution is -2.44. The number of oxime groups is 1. The van der Waals surface area contributed by atoms with E-state index < -0.39 is 11.9 Å². The van der Waals surface area contributed by atoms with Crippen molar-refractivity contribution < 1.29 is 29.1 Å². The normalized spacial score (nSPS) is 13.0. The Labute approximate surface area is 415 Å². The van der Waals surface area contributed by atoms with Gasteiger partial charge in [-0.2, -0.15) is 0 Å². The Morgan fingerprint density at radius 3 is 2.57 bits per heavy atom. The molecule has 0 fully saturated rings. The minimum atomic E-state index is -0.983. The first-order valence-corrected chi connectivity index (χ1v) is 24.3. The van der Waals surface area contributed by atoms with Crippen LogP contribution in [0.3, 0.4) is 0 Å². The molecule has 1 aliphatic heterocycles. The molecule has 20 heteroatoms. The molecule has 0 saturated heterocycles. The largest absolute Gasteiger partial charge is 0.494 e. The van der Waals surface area contributed by atoms with E-state index in [4.69, 9.17) is 37.8 Å². The third kappa shape index (κ3) is 11.4. The van der Waals surface area contributed by atoms with Crippen LogP contribution in [-0.2, 0) is 38.8 Å². The standard InChI is InChI=1S/C47H41Br2Cl2N9O6S/c48-33-23-32-37(24-34(33)49)55-46(63)42(32)44-43(31-10-4-5-11-36(31)54-44)57-66-20-7-17-52-40(61)16-19-59-26-29(56-58-59)27-65-38-14-13-30(22-35(38)51)60(41(62)25-50)45(39-12-6-21-67-39)47(64)53-18-15-28-8-2-1-3-9-28/h1-6,8-14,21-24,26,45,55,63H,7,15-20,25,27H2,(H,52,61)(H,53,64)/b57-43+. The Kier molecular flexibility index (Phi) is 15.7. The highest BCUT2D eigenvalue weighted by molar-refractivity contribution is 9.13. The van der Waals surface area contributed by atoms with Gasteiger partial charge < -0.3 is 30.3 Å². The zero-order chi connectivity index (χ0) is 46.9. The zero-order valence-electron chi connectivity index (χ0n) is 35.4. The van der Waals surface area contributed by atoms with Crippen LogP contribution in [0.5, 0.6) is 11.6 Å². The number of H-pyrrole nitrogens is 1. The monoisotopic (exact) mass is 1090 g/mol. The molecule has 4 heterocycles. The molecule has 67 heavy (non-hydrogen) atoms. The van der Waals surface area contributed by atoms with Crippen LogP contribution in [0.1, 0.15) is 46.1 Å². The summed E-state index contributed by atoms with van der Waals surface area (Å²) in [5.41, 5.74) is 5.65. The Balaban J connectivity index is 0.807. The summed E-state index contributed by atoms with van der Waals surface area (Å²) in [6, 6.07) is 28.6. The highest BCUT2D eigenvalue weighted by Crippen LogP contribution is 2.39. The number of hydrogen-bond acceptors (Lipinski definition) is 11. The van der Waals surface area contributed by atoms with Crippen LogP contribution in [-0.4, -0.2) is 79.8 Å². The lowest BCUT2D eigenvalue weighted by atomic mass is 10.0. The first-order chi connectivity index (χ1) is 32.6. The number of alkyl halides is 1. The number of aromatic amines is 1. The summed E-state index contributed by atoms with van der Waals surface area (Å²) < 4.78 is 9.18. The third-order valence-corrected chi connectivity index (χ3v) is 13.8. The summed E-state index contributed by atoms with van der Waals surface area (Å²) >= 11 is 21.2. The Bertz CT molecular complexity index is 2970. The van der Waals surface area contributed by atoms with Gasteiger partial charge in [-0.3, -0.25) is 24.0 Å². The second-order valence-corrected chi connectivity index (χ2v) is 18.4. The molecule has 0 bridgehead atoms. The first-order valence-electron chi connectivity index (χ1n) is 21.0. The predicted octanol–water partition coefficient (Wildman–Crippen LogP) is 9.41. The number of aromatic nitrogens is 4. The fraction of sp³-hybridized carbons (Fsp3) is 0.213. The number of hydrogen-bond donors (Lipinski definition) is 4. The second-order valence-electron chi connectivity index (χ2n) is 15.1. The van der Waals surface area contributed by atoms with Gasteiger partial charge in [-0.25, -0.2) is 4.99 Å². The number of ether oxygens (including phenoxy) is 1. The van der Waals surface area contributed by atoms with Crippen LogP contribution in [0.4, 0.5) is 11.4 Å². The maximum atomic E-state index is 13.7.